The Morgan fingerprint density at radius 3 is 2.54 bits per heavy atom. The molecule has 0 spiro atoms. The summed E-state index contributed by atoms with van der Waals surface area (Å²) in [5.41, 5.74) is 1.09. The van der Waals surface area contributed by atoms with E-state index in [1.165, 1.54) is 16.7 Å². The Bertz CT molecular complexity index is 588. The first kappa shape index (κ1) is 18.0. The number of carboxylic acids is 1. The van der Waals surface area contributed by atoms with E-state index >= 15 is 0 Å². The molecule has 0 bridgehead atoms. The third-order valence-electron chi connectivity index (χ3n) is 4.39. The molecule has 1 aromatic rings. The average molecular weight is 332 g/mol. The molecule has 24 heavy (non-hydrogen) atoms. The number of hydrogen-bond acceptors (Lipinski definition) is 3. The van der Waals surface area contributed by atoms with Crippen molar-refractivity contribution in [1.29, 1.82) is 0 Å². The first-order valence-electron chi connectivity index (χ1n) is 8.30. The van der Waals surface area contributed by atoms with Gasteiger partial charge in [-0.3, -0.25) is 9.59 Å². The molecule has 1 aliphatic rings. The van der Waals surface area contributed by atoms with Crippen LogP contribution in [0.1, 0.15) is 31.7 Å². The van der Waals surface area contributed by atoms with Gasteiger partial charge >= 0.3 is 5.97 Å². The first-order valence-corrected chi connectivity index (χ1v) is 8.30. The number of rotatable bonds is 6. The van der Waals surface area contributed by atoms with Crippen molar-refractivity contribution < 1.29 is 19.5 Å². The lowest BCUT2D eigenvalue weighted by molar-refractivity contribution is -0.153. The number of amides is 2. The van der Waals surface area contributed by atoms with Crippen LogP contribution in [0, 0.1) is 0 Å². The minimum absolute atomic E-state index is 0.0635. The minimum Gasteiger partial charge on any atom is -0.480 e. The van der Waals surface area contributed by atoms with Gasteiger partial charge in [0.15, 0.2) is 0 Å². The van der Waals surface area contributed by atoms with E-state index in [0.29, 0.717) is 25.9 Å². The monoisotopic (exact) mass is 332 g/mol. The van der Waals surface area contributed by atoms with Crippen LogP contribution in [-0.4, -0.2) is 58.4 Å². The van der Waals surface area contributed by atoms with Crippen LogP contribution in [0.15, 0.2) is 30.3 Å². The van der Waals surface area contributed by atoms with Crippen LogP contribution in [-0.2, 0) is 20.8 Å². The molecule has 1 aliphatic heterocycles. The average Bonchev–Trinajstić information content (AvgIpc) is 2.59. The van der Waals surface area contributed by atoms with Crippen molar-refractivity contribution in [3.05, 3.63) is 35.9 Å². The van der Waals surface area contributed by atoms with Crippen LogP contribution < -0.4 is 0 Å². The van der Waals surface area contributed by atoms with Crippen LogP contribution in [0.5, 0.6) is 0 Å². The van der Waals surface area contributed by atoms with E-state index in [1.807, 2.05) is 30.3 Å². The molecule has 0 radical (unpaired) electrons. The number of piperidine rings is 1. The van der Waals surface area contributed by atoms with Gasteiger partial charge in [0.1, 0.15) is 6.04 Å². The highest BCUT2D eigenvalue weighted by Crippen LogP contribution is 2.17. The molecule has 0 unspecified atom stereocenters. The van der Waals surface area contributed by atoms with Gasteiger partial charge in [-0.15, -0.1) is 0 Å². The molecule has 0 aliphatic carbocycles. The standard InChI is InChI=1S/C18H24N2O4/c1-14(21)19(12-10-15-7-3-2-4-8-15)13-17(22)20-11-6-5-9-16(20)18(23)24/h2-4,7-8,16H,5-6,9-13H2,1H3,(H,23,24)/t16-/m1/s1. The molecule has 6 heteroatoms. The fourth-order valence-corrected chi connectivity index (χ4v) is 3.00. The van der Waals surface area contributed by atoms with Gasteiger partial charge in [-0.25, -0.2) is 4.79 Å². The lowest BCUT2D eigenvalue weighted by atomic mass is 10.0. The van der Waals surface area contributed by atoms with Crippen molar-refractivity contribution in [3.8, 4) is 0 Å². The molecule has 1 heterocycles. The molecule has 1 aromatic carbocycles. The van der Waals surface area contributed by atoms with Crippen LogP contribution >= 0.6 is 0 Å². The van der Waals surface area contributed by atoms with E-state index in [2.05, 4.69) is 0 Å². The smallest absolute Gasteiger partial charge is 0.326 e. The highest BCUT2D eigenvalue weighted by molar-refractivity contribution is 5.87. The zero-order valence-corrected chi connectivity index (χ0v) is 14.0. The van der Waals surface area contributed by atoms with Gasteiger partial charge in [-0.05, 0) is 31.2 Å². The highest BCUT2D eigenvalue weighted by Gasteiger charge is 2.32. The normalized spacial score (nSPS) is 17.4. The Morgan fingerprint density at radius 2 is 1.92 bits per heavy atom. The van der Waals surface area contributed by atoms with Crippen molar-refractivity contribution in [2.45, 2.75) is 38.6 Å². The summed E-state index contributed by atoms with van der Waals surface area (Å²) in [4.78, 5) is 38.6. The Labute approximate surface area is 142 Å². The number of carbonyl (C=O) groups excluding carboxylic acids is 2. The molecule has 1 N–H and O–H groups in total. The van der Waals surface area contributed by atoms with Gasteiger partial charge in [0, 0.05) is 20.0 Å². The van der Waals surface area contributed by atoms with Gasteiger partial charge in [0.25, 0.3) is 0 Å². The van der Waals surface area contributed by atoms with E-state index < -0.39 is 12.0 Å². The molecular weight excluding hydrogens is 308 g/mol. The fourth-order valence-electron chi connectivity index (χ4n) is 3.00. The predicted molar refractivity (Wildman–Crippen MR) is 89.4 cm³/mol. The van der Waals surface area contributed by atoms with E-state index in [9.17, 15) is 19.5 Å². The van der Waals surface area contributed by atoms with Crippen LogP contribution in [0.3, 0.4) is 0 Å². The number of aliphatic carboxylic acids is 1. The van der Waals surface area contributed by atoms with Crippen LogP contribution in [0.25, 0.3) is 0 Å². The Morgan fingerprint density at radius 1 is 1.21 bits per heavy atom. The summed E-state index contributed by atoms with van der Waals surface area (Å²) in [6, 6.07) is 8.98. The third-order valence-corrected chi connectivity index (χ3v) is 4.39. The fraction of sp³-hybridized carbons (Fsp3) is 0.500. The van der Waals surface area contributed by atoms with Crippen molar-refractivity contribution in [2.24, 2.45) is 0 Å². The molecule has 2 rings (SSSR count). The minimum atomic E-state index is -0.971. The second kappa shape index (κ2) is 8.47. The van der Waals surface area contributed by atoms with Gasteiger partial charge < -0.3 is 14.9 Å². The summed E-state index contributed by atoms with van der Waals surface area (Å²) < 4.78 is 0. The summed E-state index contributed by atoms with van der Waals surface area (Å²) in [6.45, 7) is 2.26. The van der Waals surface area contributed by atoms with Crippen molar-refractivity contribution >= 4 is 17.8 Å². The van der Waals surface area contributed by atoms with Crippen molar-refractivity contribution in [3.63, 3.8) is 0 Å². The SMILES string of the molecule is CC(=O)N(CCc1ccccc1)CC(=O)N1CCCC[C@@H]1C(=O)O. The van der Waals surface area contributed by atoms with Crippen LogP contribution in [0.4, 0.5) is 0 Å². The van der Waals surface area contributed by atoms with E-state index in [4.69, 9.17) is 0 Å². The Balaban J connectivity index is 1.97. The molecule has 1 saturated heterocycles. The first-order chi connectivity index (χ1) is 11.5. The van der Waals surface area contributed by atoms with Gasteiger partial charge in [0.05, 0.1) is 6.54 Å². The second-order valence-corrected chi connectivity index (χ2v) is 6.11. The number of hydrogen-bond donors (Lipinski definition) is 1. The Kier molecular flexibility index (Phi) is 6.35. The van der Waals surface area contributed by atoms with Gasteiger partial charge in [-0.1, -0.05) is 30.3 Å². The number of nitrogens with zero attached hydrogens (tertiary/aromatic N) is 2. The van der Waals surface area contributed by atoms with Crippen molar-refractivity contribution in [1.82, 2.24) is 9.80 Å². The van der Waals surface area contributed by atoms with Gasteiger partial charge in [0.2, 0.25) is 11.8 Å². The maximum atomic E-state index is 12.5. The topological polar surface area (TPSA) is 77.9 Å². The number of likely N-dealkylation sites (tertiary alicyclic amines) is 1. The van der Waals surface area contributed by atoms with E-state index in [0.717, 1.165) is 18.4 Å². The second-order valence-electron chi connectivity index (χ2n) is 6.11. The number of carboxylic acid groups (broad SMARTS) is 1. The zero-order chi connectivity index (χ0) is 17.5. The molecule has 1 atom stereocenters. The molecule has 0 saturated carbocycles. The van der Waals surface area contributed by atoms with E-state index in [-0.39, 0.29) is 18.4 Å². The highest BCUT2D eigenvalue weighted by atomic mass is 16.4. The maximum absolute atomic E-state index is 12.5. The zero-order valence-electron chi connectivity index (χ0n) is 14.0. The summed E-state index contributed by atoms with van der Waals surface area (Å²) in [7, 11) is 0. The maximum Gasteiger partial charge on any atom is 0.326 e. The lowest BCUT2D eigenvalue weighted by Crippen LogP contribution is -2.51. The van der Waals surface area contributed by atoms with Crippen LogP contribution in [0.2, 0.25) is 0 Å². The third kappa shape index (κ3) is 4.81. The summed E-state index contributed by atoms with van der Waals surface area (Å²) >= 11 is 0. The lowest BCUT2D eigenvalue weighted by Gasteiger charge is -2.34. The molecular formula is C18H24N2O4. The predicted octanol–water partition coefficient (Wildman–Crippen LogP) is 1.54. The summed E-state index contributed by atoms with van der Waals surface area (Å²) in [5.74, 6) is -1.43. The summed E-state index contributed by atoms with van der Waals surface area (Å²) in [6.07, 6.45) is 2.76. The largest absolute Gasteiger partial charge is 0.480 e. The summed E-state index contributed by atoms with van der Waals surface area (Å²) in [5, 5.41) is 9.28. The Hall–Kier alpha value is -2.37. The molecule has 1 fully saturated rings. The molecule has 130 valence electrons. The molecule has 6 nitrogen and oxygen atoms in total. The quantitative estimate of drug-likeness (QED) is 0.857. The van der Waals surface area contributed by atoms with Crippen molar-refractivity contribution in [2.75, 3.05) is 19.6 Å². The molecule has 2 amide bonds. The van der Waals surface area contributed by atoms with Gasteiger partial charge in [-0.2, -0.15) is 0 Å². The number of carbonyl (C=O) groups is 3. The van der Waals surface area contributed by atoms with E-state index in [1.54, 1.807) is 0 Å². The number of benzene rings is 1. The molecule has 0 aromatic heterocycles.